The summed E-state index contributed by atoms with van der Waals surface area (Å²) in [4.78, 5) is 0. The molecule has 0 saturated heterocycles. The lowest BCUT2D eigenvalue weighted by molar-refractivity contribution is 0.167. The standard InChI is InChI=1S/C10H13F2NO2/c1-13-5-9(14)10-7(11)3-6(15-2)4-8(10)12/h3-4,9,13-14H,5H2,1-2H3. The van der Waals surface area contributed by atoms with Gasteiger partial charge in [0.05, 0.1) is 18.8 Å². The van der Waals surface area contributed by atoms with E-state index in [1.54, 1.807) is 7.05 Å². The van der Waals surface area contributed by atoms with E-state index >= 15 is 0 Å². The Bertz CT molecular complexity index is 321. The molecule has 84 valence electrons. The summed E-state index contributed by atoms with van der Waals surface area (Å²) in [6.45, 7) is 0.0835. The summed E-state index contributed by atoms with van der Waals surface area (Å²) in [5.74, 6) is -1.53. The average molecular weight is 217 g/mol. The van der Waals surface area contributed by atoms with E-state index in [9.17, 15) is 13.9 Å². The highest BCUT2D eigenvalue weighted by Gasteiger charge is 2.18. The highest BCUT2D eigenvalue weighted by molar-refractivity contribution is 5.31. The highest BCUT2D eigenvalue weighted by Crippen LogP contribution is 2.25. The molecule has 1 aromatic carbocycles. The first kappa shape index (κ1) is 11.9. The molecule has 0 spiro atoms. The van der Waals surface area contributed by atoms with Crippen molar-refractivity contribution in [2.24, 2.45) is 0 Å². The van der Waals surface area contributed by atoms with Gasteiger partial charge >= 0.3 is 0 Å². The molecule has 0 fully saturated rings. The number of aliphatic hydroxyl groups excluding tert-OH is 1. The molecule has 15 heavy (non-hydrogen) atoms. The first-order valence-electron chi connectivity index (χ1n) is 4.45. The zero-order chi connectivity index (χ0) is 11.4. The predicted octanol–water partition coefficient (Wildman–Crippen LogP) is 1.23. The van der Waals surface area contributed by atoms with Gasteiger partial charge in [-0.3, -0.25) is 0 Å². The molecule has 0 aliphatic heterocycles. The van der Waals surface area contributed by atoms with Gasteiger partial charge in [-0.1, -0.05) is 0 Å². The van der Waals surface area contributed by atoms with Crippen molar-refractivity contribution in [3.8, 4) is 5.75 Å². The van der Waals surface area contributed by atoms with Crippen LogP contribution in [-0.2, 0) is 0 Å². The molecule has 0 radical (unpaired) electrons. The minimum atomic E-state index is -1.21. The number of rotatable bonds is 4. The molecule has 0 aliphatic carbocycles. The number of halogens is 2. The van der Waals surface area contributed by atoms with Gasteiger partial charge in [-0.2, -0.15) is 0 Å². The molecule has 1 aromatic rings. The fourth-order valence-electron chi connectivity index (χ4n) is 1.29. The van der Waals surface area contributed by atoms with E-state index in [4.69, 9.17) is 4.74 Å². The lowest BCUT2D eigenvalue weighted by atomic mass is 10.1. The van der Waals surface area contributed by atoms with E-state index < -0.39 is 17.7 Å². The largest absolute Gasteiger partial charge is 0.497 e. The van der Waals surface area contributed by atoms with Gasteiger partial charge in [-0.15, -0.1) is 0 Å². The smallest absolute Gasteiger partial charge is 0.135 e. The second kappa shape index (κ2) is 5.04. The van der Waals surface area contributed by atoms with Crippen LogP contribution < -0.4 is 10.1 Å². The molecule has 0 amide bonds. The first-order chi connectivity index (χ1) is 7.10. The fraction of sp³-hybridized carbons (Fsp3) is 0.400. The SMILES string of the molecule is CNCC(O)c1c(F)cc(OC)cc1F. The zero-order valence-electron chi connectivity index (χ0n) is 8.55. The molecule has 1 unspecified atom stereocenters. The molecule has 3 nitrogen and oxygen atoms in total. The monoisotopic (exact) mass is 217 g/mol. The van der Waals surface area contributed by atoms with Crippen LogP contribution >= 0.6 is 0 Å². The Kier molecular flexibility index (Phi) is 3.99. The molecule has 2 N–H and O–H groups in total. The zero-order valence-corrected chi connectivity index (χ0v) is 8.55. The maximum absolute atomic E-state index is 13.4. The second-order valence-electron chi connectivity index (χ2n) is 3.08. The lowest BCUT2D eigenvalue weighted by Crippen LogP contribution is -2.19. The molecular weight excluding hydrogens is 204 g/mol. The Morgan fingerprint density at radius 1 is 1.40 bits per heavy atom. The molecular formula is C10H13F2NO2. The van der Waals surface area contributed by atoms with Gasteiger partial charge in [0, 0.05) is 18.7 Å². The van der Waals surface area contributed by atoms with Crippen molar-refractivity contribution in [1.82, 2.24) is 5.32 Å². The van der Waals surface area contributed by atoms with Gasteiger partial charge in [0.2, 0.25) is 0 Å². The number of ether oxygens (including phenoxy) is 1. The van der Waals surface area contributed by atoms with E-state index in [0.29, 0.717) is 0 Å². The van der Waals surface area contributed by atoms with Gasteiger partial charge < -0.3 is 15.2 Å². The fourth-order valence-corrected chi connectivity index (χ4v) is 1.29. The van der Waals surface area contributed by atoms with E-state index in [1.165, 1.54) is 7.11 Å². The van der Waals surface area contributed by atoms with Crippen LogP contribution in [0, 0.1) is 11.6 Å². The molecule has 1 atom stereocenters. The number of nitrogens with one attached hydrogen (secondary N) is 1. The maximum Gasteiger partial charge on any atom is 0.135 e. The summed E-state index contributed by atoms with van der Waals surface area (Å²) in [5.41, 5.74) is -0.342. The van der Waals surface area contributed by atoms with E-state index in [0.717, 1.165) is 12.1 Å². The van der Waals surface area contributed by atoms with Gasteiger partial charge in [0.15, 0.2) is 0 Å². The Morgan fingerprint density at radius 3 is 2.33 bits per heavy atom. The first-order valence-corrected chi connectivity index (χ1v) is 4.45. The number of hydrogen-bond acceptors (Lipinski definition) is 3. The molecule has 0 bridgehead atoms. The topological polar surface area (TPSA) is 41.5 Å². The van der Waals surface area contributed by atoms with Gasteiger partial charge in [0.25, 0.3) is 0 Å². The molecule has 0 heterocycles. The third kappa shape index (κ3) is 2.64. The summed E-state index contributed by atoms with van der Waals surface area (Å²) in [5, 5.41) is 12.1. The van der Waals surface area contributed by atoms with Crippen LogP contribution in [0.5, 0.6) is 5.75 Å². The second-order valence-corrected chi connectivity index (χ2v) is 3.08. The quantitative estimate of drug-likeness (QED) is 0.797. The Labute approximate surface area is 86.7 Å². The number of benzene rings is 1. The number of methoxy groups -OCH3 is 1. The van der Waals surface area contributed by atoms with Crippen LogP contribution in [-0.4, -0.2) is 25.8 Å². The van der Waals surface area contributed by atoms with Crippen molar-refractivity contribution in [2.75, 3.05) is 20.7 Å². The average Bonchev–Trinajstić information content (AvgIpc) is 2.16. The van der Waals surface area contributed by atoms with Crippen LogP contribution in [0.15, 0.2) is 12.1 Å². The third-order valence-corrected chi connectivity index (χ3v) is 2.02. The third-order valence-electron chi connectivity index (χ3n) is 2.02. The van der Waals surface area contributed by atoms with Crippen molar-refractivity contribution in [3.63, 3.8) is 0 Å². The summed E-state index contributed by atoms with van der Waals surface area (Å²) < 4.78 is 31.4. The Hall–Kier alpha value is -1.20. The molecule has 0 saturated carbocycles. The van der Waals surface area contributed by atoms with Crippen molar-refractivity contribution in [1.29, 1.82) is 0 Å². The minimum absolute atomic E-state index is 0.0835. The molecule has 0 aromatic heterocycles. The maximum atomic E-state index is 13.4. The van der Waals surface area contributed by atoms with Crippen LogP contribution in [0.3, 0.4) is 0 Å². The minimum Gasteiger partial charge on any atom is -0.497 e. The lowest BCUT2D eigenvalue weighted by Gasteiger charge is -2.13. The number of aliphatic hydroxyl groups is 1. The number of likely N-dealkylation sites (N-methyl/N-ethyl adjacent to an activating group) is 1. The predicted molar refractivity (Wildman–Crippen MR) is 51.8 cm³/mol. The van der Waals surface area contributed by atoms with Crippen LogP contribution in [0.2, 0.25) is 0 Å². The van der Waals surface area contributed by atoms with Crippen LogP contribution in [0.4, 0.5) is 8.78 Å². The van der Waals surface area contributed by atoms with E-state index in [1.807, 2.05) is 0 Å². The molecule has 0 aliphatic rings. The van der Waals surface area contributed by atoms with Crippen LogP contribution in [0.25, 0.3) is 0 Å². The summed E-state index contributed by atoms with van der Waals surface area (Å²) in [6, 6.07) is 2.08. The normalized spacial score (nSPS) is 12.6. The Balaban J connectivity index is 3.07. The van der Waals surface area contributed by atoms with E-state index in [2.05, 4.69) is 5.32 Å². The molecule has 5 heteroatoms. The summed E-state index contributed by atoms with van der Waals surface area (Å²) >= 11 is 0. The van der Waals surface area contributed by atoms with Gasteiger partial charge in [-0.05, 0) is 7.05 Å². The van der Waals surface area contributed by atoms with Crippen molar-refractivity contribution in [3.05, 3.63) is 29.3 Å². The number of hydrogen-bond donors (Lipinski definition) is 2. The van der Waals surface area contributed by atoms with Crippen molar-refractivity contribution in [2.45, 2.75) is 6.10 Å². The summed E-state index contributed by atoms with van der Waals surface area (Å²) in [7, 11) is 2.90. The highest BCUT2D eigenvalue weighted by atomic mass is 19.1. The van der Waals surface area contributed by atoms with Crippen molar-refractivity contribution < 1.29 is 18.6 Å². The Morgan fingerprint density at radius 2 is 1.93 bits per heavy atom. The summed E-state index contributed by atoms with van der Waals surface area (Å²) in [6.07, 6.45) is -1.21. The van der Waals surface area contributed by atoms with Crippen molar-refractivity contribution >= 4 is 0 Å². The van der Waals surface area contributed by atoms with Gasteiger partial charge in [-0.25, -0.2) is 8.78 Å². The van der Waals surface area contributed by atoms with Crippen LogP contribution in [0.1, 0.15) is 11.7 Å². The molecule has 1 rings (SSSR count). The van der Waals surface area contributed by atoms with Gasteiger partial charge in [0.1, 0.15) is 17.4 Å². The van der Waals surface area contributed by atoms with E-state index in [-0.39, 0.29) is 17.9 Å².